The third-order valence-electron chi connectivity index (χ3n) is 4.46. The molecule has 0 unspecified atom stereocenters. The summed E-state index contributed by atoms with van der Waals surface area (Å²) in [7, 11) is -4.12. The van der Waals surface area contributed by atoms with Crippen molar-refractivity contribution in [2.24, 2.45) is 0 Å². The first kappa shape index (κ1) is 19.8. The van der Waals surface area contributed by atoms with Gasteiger partial charge in [-0.3, -0.25) is 4.90 Å². The van der Waals surface area contributed by atoms with E-state index in [-0.39, 0.29) is 13.1 Å². The molecule has 0 amide bonds. The molecule has 4 nitrogen and oxygen atoms in total. The minimum absolute atomic E-state index is 0.161. The molecule has 0 aliphatic carbocycles. The number of nitrogens with zero attached hydrogens (tertiary/aromatic N) is 2. The molecule has 1 fully saturated rings. The van der Waals surface area contributed by atoms with Crippen LogP contribution in [0.2, 0.25) is 0 Å². The van der Waals surface area contributed by atoms with Crippen LogP contribution in [0.15, 0.2) is 53.4 Å². The second-order valence-corrected chi connectivity index (χ2v) is 8.24. The SMILES string of the molecule is O=S(=O)(c1ccc(F)c(C(F)(F)F)c1)N1CCN(Cc2ccccc2)CC1. The normalized spacial score (nSPS) is 17.2. The van der Waals surface area contributed by atoms with E-state index in [9.17, 15) is 26.0 Å². The Balaban J connectivity index is 1.72. The van der Waals surface area contributed by atoms with E-state index in [2.05, 4.69) is 4.90 Å². The van der Waals surface area contributed by atoms with Crippen molar-refractivity contribution in [2.45, 2.75) is 17.6 Å². The number of halogens is 4. The first-order chi connectivity index (χ1) is 12.7. The molecule has 2 aromatic carbocycles. The Hall–Kier alpha value is -1.97. The zero-order valence-electron chi connectivity index (χ0n) is 14.3. The molecule has 0 N–H and O–H groups in total. The topological polar surface area (TPSA) is 40.6 Å². The van der Waals surface area contributed by atoms with Gasteiger partial charge in [0.15, 0.2) is 0 Å². The van der Waals surface area contributed by atoms with E-state index in [4.69, 9.17) is 0 Å². The molecule has 0 aromatic heterocycles. The fourth-order valence-electron chi connectivity index (χ4n) is 3.00. The van der Waals surface area contributed by atoms with Crippen molar-refractivity contribution in [1.82, 2.24) is 9.21 Å². The molecular weight excluding hydrogens is 384 g/mol. The summed E-state index contributed by atoms with van der Waals surface area (Å²) >= 11 is 0. The van der Waals surface area contributed by atoms with Gasteiger partial charge in [-0.2, -0.15) is 17.5 Å². The second-order valence-electron chi connectivity index (χ2n) is 6.31. The van der Waals surface area contributed by atoms with Crippen molar-refractivity contribution in [3.63, 3.8) is 0 Å². The van der Waals surface area contributed by atoms with Gasteiger partial charge in [-0.25, -0.2) is 12.8 Å². The van der Waals surface area contributed by atoms with Gasteiger partial charge in [0.2, 0.25) is 10.0 Å². The summed E-state index contributed by atoms with van der Waals surface area (Å²) in [5.74, 6) is -1.49. The Morgan fingerprint density at radius 2 is 1.56 bits per heavy atom. The monoisotopic (exact) mass is 402 g/mol. The quantitative estimate of drug-likeness (QED) is 0.737. The summed E-state index contributed by atoms with van der Waals surface area (Å²) in [6.45, 7) is 1.91. The third kappa shape index (κ3) is 4.48. The minimum Gasteiger partial charge on any atom is -0.296 e. The fraction of sp³-hybridized carbons (Fsp3) is 0.333. The highest BCUT2D eigenvalue weighted by molar-refractivity contribution is 7.89. The van der Waals surface area contributed by atoms with Gasteiger partial charge >= 0.3 is 6.18 Å². The van der Waals surface area contributed by atoms with Crippen molar-refractivity contribution in [3.8, 4) is 0 Å². The lowest BCUT2D eigenvalue weighted by atomic mass is 10.2. The summed E-state index contributed by atoms with van der Waals surface area (Å²) in [5, 5.41) is 0. The molecular formula is C18H18F4N2O2S. The van der Waals surface area contributed by atoms with Crippen molar-refractivity contribution in [2.75, 3.05) is 26.2 Å². The van der Waals surface area contributed by atoms with Crippen LogP contribution in [-0.2, 0) is 22.7 Å². The van der Waals surface area contributed by atoms with Crippen LogP contribution in [0, 0.1) is 5.82 Å². The number of hydrogen-bond acceptors (Lipinski definition) is 3. The van der Waals surface area contributed by atoms with Crippen molar-refractivity contribution < 1.29 is 26.0 Å². The number of benzene rings is 2. The number of hydrogen-bond donors (Lipinski definition) is 0. The van der Waals surface area contributed by atoms with Gasteiger partial charge in [-0.15, -0.1) is 0 Å². The zero-order chi connectivity index (χ0) is 19.7. The first-order valence-corrected chi connectivity index (χ1v) is 9.75. The van der Waals surface area contributed by atoms with Crippen LogP contribution in [0.5, 0.6) is 0 Å². The largest absolute Gasteiger partial charge is 0.419 e. The van der Waals surface area contributed by atoms with Crippen LogP contribution in [0.4, 0.5) is 17.6 Å². The standard InChI is InChI=1S/C18H18F4N2O2S/c19-17-7-6-15(12-16(17)18(20,21)22)27(25,26)24-10-8-23(9-11-24)13-14-4-2-1-3-5-14/h1-7,12H,8-11,13H2. The Kier molecular flexibility index (Phi) is 5.55. The molecule has 0 radical (unpaired) electrons. The molecule has 1 heterocycles. The average Bonchev–Trinajstić information content (AvgIpc) is 2.62. The van der Waals surface area contributed by atoms with E-state index in [1.807, 2.05) is 30.3 Å². The summed E-state index contributed by atoms with van der Waals surface area (Å²) in [6, 6.07) is 11.5. The van der Waals surface area contributed by atoms with Crippen molar-refractivity contribution in [1.29, 1.82) is 0 Å². The molecule has 1 saturated heterocycles. The Morgan fingerprint density at radius 1 is 0.926 bits per heavy atom. The van der Waals surface area contributed by atoms with Crippen LogP contribution in [0.3, 0.4) is 0 Å². The van der Waals surface area contributed by atoms with E-state index in [0.29, 0.717) is 31.8 Å². The molecule has 0 bridgehead atoms. The summed E-state index contributed by atoms with van der Waals surface area (Å²) in [4.78, 5) is 1.53. The minimum atomic E-state index is -4.95. The van der Waals surface area contributed by atoms with Gasteiger partial charge in [-0.05, 0) is 23.8 Å². The maximum absolute atomic E-state index is 13.4. The molecule has 3 rings (SSSR count). The number of alkyl halides is 3. The maximum atomic E-state index is 13.4. The Morgan fingerprint density at radius 3 is 2.15 bits per heavy atom. The molecule has 1 aliphatic rings. The van der Waals surface area contributed by atoms with Crippen molar-refractivity contribution >= 4 is 10.0 Å². The molecule has 9 heteroatoms. The highest BCUT2D eigenvalue weighted by Crippen LogP contribution is 2.33. The lowest BCUT2D eigenvalue weighted by Crippen LogP contribution is -2.48. The Bertz CT molecular complexity index is 893. The second kappa shape index (κ2) is 7.57. The lowest BCUT2D eigenvalue weighted by molar-refractivity contribution is -0.140. The lowest BCUT2D eigenvalue weighted by Gasteiger charge is -2.34. The fourth-order valence-corrected chi connectivity index (χ4v) is 4.45. The molecule has 146 valence electrons. The highest BCUT2D eigenvalue weighted by atomic mass is 32.2. The van der Waals surface area contributed by atoms with Crippen LogP contribution in [0.1, 0.15) is 11.1 Å². The molecule has 27 heavy (non-hydrogen) atoms. The van der Waals surface area contributed by atoms with Crippen LogP contribution >= 0.6 is 0 Å². The predicted molar refractivity (Wildman–Crippen MR) is 91.9 cm³/mol. The van der Waals surface area contributed by atoms with Crippen molar-refractivity contribution in [3.05, 3.63) is 65.5 Å². The molecule has 0 spiro atoms. The summed E-state index contributed by atoms with van der Waals surface area (Å²) in [6.07, 6.45) is -4.95. The van der Waals surface area contributed by atoms with E-state index >= 15 is 0 Å². The molecule has 1 aliphatic heterocycles. The number of sulfonamides is 1. The molecule has 0 atom stereocenters. The number of piperazine rings is 1. The summed E-state index contributed by atoms with van der Waals surface area (Å²) in [5.41, 5.74) is -0.478. The first-order valence-electron chi connectivity index (χ1n) is 8.31. The van der Waals surface area contributed by atoms with Gasteiger partial charge in [0.25, 0.3) is 0 Å². The van der Waals surface area contributed by atoms with Gasteiger partial charge in [-0.1, -0.05) is 30.3 Å². The highest BCUT2D eigenvalue weighted by Gasteiger charge is 2.36. The van der Waals surface area contributed by atoms with Gasteiger partial charge in [0.05, 0.1) is 10.5 Å². The van der Waals surface area contributed by atoms with Gasteiger partial charge < -0.3 is 0 Å². The van der Waals surface area contributed by atoms with Crippen LogP contribution in [0.25, 0.3) is 0 Å². The molecule has 2 aromatic rings. The van der Waals surface area contributed by atoms with Gasteiger partial charge in [0, 0.05) is 32.7 Å². The van der Waals surface area contributed by atoms with E-state index in [0.717, 1.165) is 15.9 Å². The Labute approximate surface area is 155 Å². The zero-order valence-corrected chi connectivity index (χ0v) is 15.1. The van der Waals surface area contributed by atoms with E-state index < -0.39 is 32.5 Å². The maximum Gasteiger partial charge on any atom is 0.419 e. The summed E-state index contributed by atoms with van der Waals surface area (Å²) < 4.78 is 78.5. The molecule has 0 saturated carbocycles. The van der Waals surface area contributed by atoms with Crippen LogP contribution < -0.4 is 0 Å². The smallest absolute Gasteiger partial charge is 0.296 e. The van der Waals surface area contributed by atoms with Crippen LogP contribution in [-0.4, -0.2) is 43.8 Å². The average molecular weight is 402 g/mol. The van der Waals surface area contributed by atoms with E-state index in [1.54, 1.807) is 0 Å². The van der Waals surface area contributed by atoms with Gasteiger partial charge in [0.1, 0.15) is 5.82 Å². The number of rotatable bonds is 4. The third-order valence-corrected chi connectivity index (χ3v) is 6.36. The predicted octanol–water partition coefficient (Wildman–Crippen LogP) is 3.35. The van der Waals surface area contributed by atoms with E-state index in [1.165, 1.54) is 0 Å².